The van der Waals surface area contributed by atoms with Crippen LogP contribution in [0.5, 0.6) is 23.0 Å². The maximum atomic E-state index is 14.5. The molecule has 3 aromatic rings. The number of carbonyl (C=O) groups excluding carboxylic acids is 2. The van der Waals surface area contributed by atoms with Gasteiger partial charge in [-0.15, -0.1) is 6.58 Å². The van der Waals surface area contributed by atoms with Crippen LogP contribution in [0.4, 0.5) is 4.79 Å². The monoisotopic (exact) mass is 557 g/mol. The van der Waals surface area contributed by atoms with E-state index in [9.17, 15) is 9.59 Å². The highest BCUT2D eigenvalue weighted by atomic mass is 16.7. The van der Waals surface area contributed by atoms with Crippen molar-refractivity contribution < 1.29 is 38.0 Å². The van der Waals surface area contributed by atoms with Crippen molar-refractivity contribution in [1.29, 1.82) is 0 Å². The molecule has 0 saturated carbocycles. The number of methoxy groups -OCH3 is 2. The molecule has 0 aliphatic carbocycles. The summed E-state index contributed by atoms with van der Waals surface area (Å²) in [6.07, 6.45) is 0.298. The smallest absolute Gasteiger partial charge is 0.416 e. The van der Waals surface area contributed by atoms with Crippen molar-refractivity contribution in [1.82, 2.24) is 4.90 Å². The van der Waals surface area contributed by atoms with Gasteiger partial charge in [0.25, 0.3) is 0 Å². The topological polar surface area (TPSA) is 92.8 Å². The second kappa shape index (κ2) is 11.2. The number of fused-ring (bicyclic) bond motifs is 1. The Morgan fingerprint density at radius 2 is 1.66 bits per heavy atom. The van der Waals surface area contributed by atoms with Crippen molar-refractivity contribution in [3.63, 3.8) is 0 Å². The van der Waals surface area contributed by atoms with E-state index in [2.05, 4.69) is 6.58 Å². The van der Waals surface area contributed by atoms with Crippen LogP contribution >= 0.6 is 0 Å². The molecule has 2 fully saturated rings. The van der Waals surface area contributed by atoms with E-state index in [0.29, 0.717) is 35.0 Å². The van der Waals surface area contributed by atoms with Gasteiger partial charge in [0, 0.05) is 5.92 Å². The van der Waals surface area contributed by atoms with E-state index in [1.807, 2.05) is 54.6 Å². The van der Waals surface area contributed by atoms with Crippen LogP contribution in [0.25, 0.3) is 0 Å². The molecular weight excluding hydrogens is 526 g/mol. The van der Waals surface area contributed by atoms with E-state index in [4.69, 9.17) is 28.4 Å². The maximum absolute atomic E-state index is 14.5. The molecule has 3 aliphatic heterocycles. The first-order chi connectivity index (χ1) is 20.0. The van der Waals surface area contributed by atoms with Gasteiger partial charge in [-0.1, -0.05) is 48.5 Å². The van der Waals surface area contributed by atoms with Crippen LogP contribution in [-0.2, 0) is 20.7 Å². The zero-order valence-corrected chi connectivity index (χ0v) is 22.9. The summed E-state index contributed by atoms with van der Waals surface area (Å²) >= 11 is 0. The lowest BCUT2D eigenvalue weighted by Gasteiger charge is -2.28. The summed E-state index contributed by atoms with van der Waals surface area (Å²) in [5.74, 6) is 0.699. The van der Waals surface area contributed by atoms with Gasteiger partial charge in [0.2, 0.25) is 12.7 Å². The first-order valence-electron chi connectivity index (χ1n) is 13.5. The Labute approximate surface area is 238 Å². The molecule has 0 aromatic heterocycles. The van der Waals surface area contributed by atoms with Gasteiger partial charge in [0.05, 0.1) is 38.4 Å². The van der Waals surface area contributed by atoms with Crippen LogP contribution in [0.1, 0.15) is 28.9 Å². The molecule has 9 heteroatoms. The van der Waals surface area contributed by atoms with Gasteiger partial charge in [0.1, 0.15) is 6.61 Å². The first kappa shape index (κ1) is 26.7. The van der Waals surface area contributed by atoms with Crippen LogP contribution in [0.2, 0.25) is 0 Å². The molecule has 41 heavy (non-hydrogen) atoms. The highest BCUT2D eigenvalue weighted by Gasteiger charge is 2.53. The molecule has 0 N–H and O–H groups in total. The summed E-state index contributed by atoms with van der Waals surface area (Å²) in [5, 5.41) is 0. The Balaban J connectivity index is 1.39. The molecule has 0 radical (unpaired) electrons. The molecule has 2 amide bonds. The van der Waals surface area contributed by atoms with Gasteiger partial charge in [0.15, 0.2) is 23.0 Å². The summed E-state index contributed by atoms with van der Waals surface area (Å²) in [7, 11) is 3.11. The minimum absolute atomic E-state index is 0.123. The summed E-state index contributed by atoms with van der Waals surface area (Å²) < 4.78 is 34.2. The zero-order valence-electron chi connectivity index (χ0n) is 22.9. The fourth-order valence-electron chi connectivity index (χ4n) is 5.92. The Kier molecular flexibility index (Phi) is 7.28. The predicted octanol–water partition coefficient (Wildman–Crippen LogP) is 5.25. The number of rotatable bonds is 8. The number of benzene rings is 3. The SMILES string of the molecule is C=C[C@H]1[C@H](C(=O)N2C(=O)OC[C@@H]2Cc2ccccc2)[C@@H](c2ccc(OC)c(OC)c2)O[C@H]1c1ccc2c(c1)OCO2. The van der Waals surface area contributed by atoms with Gasteiger partial charge in [-0.05, 0) is 47.4 Å². The van der Waals surface area contributed by atoms with Gasteiger partial charge in [-0.2, -0.15) is 0 Å². The number of imide groups is 1. The van der Waals surface area contributed by atoms with Crippen LogP contribution in [-0.4, -0.2) is 50.6 Å². The number of hydrogen-bond acceptors (Lipinski definition) is 8. The van der Waals surface area contributed by atoms with Crippen molar-refractivity contribution >= 4 is 12.0 Å². The fourth-order valence-corrected chi connectivity index (χ4v) is 5.92. The molecule has 0 bridgehead atoms. The summed E-state index contributed by atoms with van der Waals surface area (Å²) in [4.78, 5) is 28.7. The van der Waals surface area contributed by atoms with E-state index in [-0.39, 0.29) is 19.3 Å². The van der Waals surface area contributed by atoms with Crippen LogP contribution in [0.3, 0.4) is 0 Å². The number of amides is 2. The minimum Gasteiger partial charge on any atom is -0.493 e. The molecule has 5 atom stereocenters. The quantitative estimate of drug-likeness (QED) is 0.347. The van der Waals surface area contributed by atoms with E-state index in [1.165, 1.54) is 4.90 Å². The third kappa shape index (κ3) is 4.86. The molecule has 2 saturated heterocycles. The minimum atomic E-state index is -0.773. The molecular formula is C32H31NO8. The van der Waals surface area contributed by atoms with Crippen molar-refractivity contribution in [2.75, 3.05) is 27.6 Å². The van der Waals surface area contributed by atoms with E-state index in [0.717, 1.165) is 11.1 Å². The Hall–Kier alpha value is -4.50. The number of carbonyl (C=O) groups is 2. The number of cyclic esters (lactones) is 1. The second-order valence-electron chi connectivity index (χ2n) is 10.2. The number of nitrogens with zero attached hydrogens (tertiary/aromatic N) is 1. The molecule has 3 aliphatic rings. The molecule has 0 spiro atoms. The lowest BCUT2D eigenvalue weighted by molar-refractivity contribution is -0.136. The summed E-state index contributed by atoms with van der Waals surface area (Å²) in [6.45, 7) is 4.34. The van der Waals surface area contributed by atoms with Crippen molar-refractivity contribution in [3.8, 4) is 23.0 Å². The number of hydrogen-bond donors (Lipinski definition) is 0. The molecule has 212 valence electrons. The normalized spacial score (nSPS) is 24.7. The largest absolute Gasteiger partial charge is 0.493 e. The average molecular weight is 558 g/mol. The van der Waals surface area contributed by atoms with Gasteiger partial charge >= 0.3 is 6.09 Å². The van der Waals surface area contributed by atoms with Crippen LogP contribution in [0, 0.1) is 11.8 Å². The van der Waals surface area contributed by atoms with Gasteiger partial charge < -0.3 is 28.4 Å². The molecule has 3 heterocycles. The lowest BCUT2D eigenvalue weighted by atomic mass is 9.81. The lowest BCUT2D eigenvalue weighted by Crippen LogP contribution is -2.45. The Morgan fingerprint density at radius 3 is 2.41 bits per heavy atom. The number of ether oxygens (including phenoxy) is 6. The average Bonchev–Trinajstić information content (AvgIpc) is 3.73. The summed E-state index contributed by atoms with van der Waals surface area (Å²) in [6, 6.07) is 20.3. The van der Waals surface area contributed by atoms with E-state index < -0.39 is 36.2 Å². The third-order valence-corrected chi connectivity index (χ3v) is 7.91. The highest BCUT2D eigenvalue weighted by molar-refractivity contribution is 5.95. The third-order valence-electron chi connectivity index (χ3n) is 7.91. The van der Waals surface area contributed by atoms with E-state index >= 15 is 0 Å². The van der Waals surface area contributed by atoms with Crippen molar-refractivity contribution in [2.45, 2.75) is 24.7 Å². The van der Waals surface area contributed by atoms with Crippen molar-refractivity contribution in [2.24, 2.45) is 11.8 Å². The van der Waals surface area contributed by atoms with Gasteiger partial charge in [-0.3, -0.25) is 4.79 Å². The molecule has 3 aromatic carbocycles. The van der Waals surface area contributed by atoms with Gasteiger partial charge in [-0.25, -0.2) is 9.69 Å². The maximum Gasteiger partial charge on any atom is 0.416 e. The Bertz CT molecular complexity index is 1460. The molecule has 0 unspecified atom stereocenters. The summed E-state index contributed by atoms with van der Waals surface area (Å²) in [5.41, 5.74) is 2.53. The van der Waals surface area contributed by atoms with Crippen LogP contribution in [0.15, 0.2) is 79.4 Å². The van der Waals surface area contributed by atoms with Crippen LogP contribution < -0.4 is 18.9 Å². The molecule has 9 nitrogen and oxygen atoms in total. The first-order valence-corrected chi connectivity index (χ1v) is 13.5. The second-order valence-corrected chi connectivity index (χ2v) is 10.2. The standard InChI is InChI=1S/C32H31NO8/c1-4-23-28(31(34)33-22(17-38-32(33)35)14-19-8-6-5-7-9-19)30(21-10-12-24(36-2)26(15-21)37-3)41-29(23)20-11-13-25-27(16-20)40-18-39-25/h4-13,15-16,22-23,28-30H,1,14,17-18H2,2-3H3/t22-,23-,28-,29-,30+/m0/s1. The van der Waals surface area contributed by atoms with E-state index in [1.54, 1.807) is 32.4 Å². The fraction of sp³-hybridized carbons (Fsp3) is 0.312. The zero-order chi connectivity index (χ0) is 28.5. The highest BCUT2D eigenvalue weighted by Crippen LogP contribution is 2.53. The molecule has 6 rings (SSSR count). The Morgan fingerprint density at radius 1 is 0.927 bits per heavy atom. The van der Waals surface area contributed by atoms with Crippen molar-refractivity contribution in [3.05, 3.63) is 96.1 Å². The predicted molar refractivity (Wildman–Crippen MR) is 148 cm³/mol.